The lowest BCUT2D eigenvalue weighted by molar-refractivity contribution is -0.122. The summed E-state index contributed by atoms with van der Waals surface area (Å²) >= 11 is 0. The fourth-order valence-electron chi connectivity index (χ4n) is 2.63. The molecule has 0 bridgehead atoms. The van der Waals surface area contributed by atoms with Crippen molar-refractivity contribution < 1.29 is 19.1 Å². The third kappa shape index (κ3) is 3.83. The second-order valence-electron chi connectivity index (χ2n) is 5.80. The van der Waals surface area contributed by atoms with Crippen LogP contribution in [0.25, 0.3) is 10.8 Å². The van der Waals surface area contributed by atoms with E-state index in [1.54, 1.807) is 31.2 Å². The molecule has 1 N–H and O–H groups in total. The molecule has 3 aromatic rings. The SMILES string of the molecule is COC(=O)c1cccc(NC(=O)[C@H](C)Oc2cccc3ccccc23)c1. The lowest BCUT2D eigenvalue weighted by Gasteiger charge is -2.16. The van der Waals surface area contributed by atoms with Crippen LogP contribution >= 0.6 is 0 Å². The van der Waals surface area contributed by atoms with Crippen molar-refractivity contribution >= 4 is 28.3 Å². The molecule has 0 saturated heterocycles. The standard InChI is InChI=1S/C21H19NO4/c1-14(26-19-12-6-8-15-7-3-4-11-18(15)19)20(23)22-17-10-5-9-16(13-17)21(24)25-2/h3-14H,1-2H3,(H,22,23)/t14-/m0/s1. The molecule has 0 aliphatic rings. The van der Waals surface area contributed by atoms with Gasteiger partial charge in [0.25, 0.3) is 5.91 Å². The van der Waals surface area contributed by atoms with Gasteiger partial charge in [-0.05, 0) is 36.6 Å². The number of hydrogen-bond donors (Lipinski definition) is 1. The van der Waals surface area contributed by atoms with E-state index in [-0.39, 0.29) is 5.91 Å². The Labute approximate surface area is 151 Å². The summed E-state index contributed by atoms with van der Waals surface area (Å²) in [6.45, 7) is 1.68. The highest BCUT2D eigenvalue weighted by atomic mass is 16.5. The molecule has 5 heteroatoms. The molecule has 0 saturated carbocycles. The van der Waals surface area contributed by atoms with Crippen LogP contribution in [0.2, 0.25) is 0 Å². The lowest BCUT2D eigenvalue weighted by atomic mass is 10.1. The van der Waals surface area contributed by atoms with E-state index in [4.69, 9.17) is 4.74 Å². The minimum Gasteiger partial charge on any atom is -0.480 e. The van der Waals surface area contributed by atoms with Gasteiger partial charge in [0.1, 0.15) is 5.75 Å². The molecule has 26 heavy (non-hydrogen) atoms. The second kappa shape index (κ2) is 7.70. The number of anilines is 1. The van der Waals surface area contributed by atoms with E-state index in [0.717, 1.165) is 10.8 Å². The Morgan fingerprint density at radius 1 is 0.962 bits per heavy atom. The fourth-order valence-corrected chi connectivity index (χ4v) is 2.63. The van der Waals surface area contributed by atoms with Gasteiger partial charge in [0.2, 0.25) is 0 Å². The first kappa shape index (κ1) is 17.5. The highest BCUT2D eigenvalue weighted by molar-refractivity contribution is 5.97. The van der Waals surface area contributed by atoms with Gasteiger partial charge in [0.05, 0.1) is 12.7 Å². The summed E-state index contributed by atoms with van der Waals surface area (Å²) in [6.07, 6.45) is -0.706. The van der Waals surface area contributed by atoms with E-state index in [2.05, 4.69) is 10.1 Å². The maximum atomic E-state index is 12.5. The zero-order valence-corrected chi connectivity index (χ0v) is 14.6. The summed E-state index contributed by atoms with van der Waals surface area (Å²) in [7, 11) is 1.31. The van der Waals surface area contributed by atoms with Crippen molar-refractivity contribution in [1.82, 2.24) is 0 Å². The molecular formula is C21H19NO4. The first-order chi connectivity index (χ1) is 12.6. The molecular weight excluding hydrogens is 330 g/mol. The number of fused-ring (bicyclic) bond motifs is 1. The Hall–Kier alpha value is -3.34. The molecule has 0 fully saturated rings. The minimum absolute atomic E-state index is 0.306. The number of amides is 1. The van der Waals surface area contributed by atoms with Crippen LogP contribution in [0.5, 0.6) is 5.75 Å². The van der Waals surface area contributed by atoms with Crippen LogP contribution in [-0.2, 0) is 9.53 Å². The van der Waals surface area contributed by atoms with E-state index >= 15 is 0 Å². The molecule has 3 aromatic carbocycles. The van der Waals surface area contributed by atoms with E-state index in [1.165, 1.54) is 7.11 Å². The maximum Gasteiger partial charge on any atom is 0.337 e. The quantitative estimate of drug-likeness (QED) is 0.706. The van der Waals surface area contributed by atoms with Crippen LogP contribution in [0.3, 0.4) is 0 Å². The van der Waals surface area contributed by atoms with E-state index in [1.807, 2.05) is 42.5 Å². The average molecular weight is 349 g/mol. The van der Waals surface area contributed by atoms with Crippen LogP contribution in [0.15, 0.2) is 66.7 Å². The monoisotopic (exact) mass is 349 g/mol. The number of benzene rings is 3. The highest BCUT2D eigenvalue weighted by Gasteiger charge is 2.17. The van der Waals surface area contributed by atoms with Crippen LogP contribution in [0.1, 0.15) is 17.3 Å². The van der Waals surface area contributed by atoms with E-state index < -0.39 is 12.1 Å². The fraction of sp³-hybridized carbons (Fsp3) is 0.143. The zero-order chi connectivity index (χ0) is 18.5. The number of carbonyl (C=O) groups excluding carboxylic acids is 2. The molecule has 3 rings (SSSR count). The van der Waals surface area contributed by atoms with Gasteiger partial charge < -0.3 is 14.8 Å². The van der Waals surface area contributed by atoms with Gasteiger partial charge in [0, 0.05) is 11.1 Å². The molecule has 1 amide bonds. The van der Waals surface area contributed by atoms with Crippen molar-refractivity contribution in [3.8, 4) is 5.75 Å². The molecule has 0 radical (unpaired) electrons. The van der Waals surface area contributed by atoms with Crippen LogP contribution in [0, 0.1) is 0 Å². The Morgan fingerprint density at radius 2 is 1.69 bits per heavy atom. The summed E-state index contributed by atoms with van der Waals surface area (Å²) in [5.74, 6) is -0.116. The molecule has 132 valence electrons. The normalized spacial score (nSPS) is 11.6. The number of methoxy groups -OCH3 is 1. The second-order valence-corrected chi connectivity index (χ2v) is 5.80. The third-order valence-corrected chi connectivity index (χ3v) is 3.97. The van der Waals surface area contributed by atoms with E-state index in [0.29, 0.717) is 17.0 Å². The Balaban J connectivity index is 1.73. The van der Waals surface area contributed by atoms with Gasteiger partial charge in [-0.3, -0.25) is 4.79 Å². The number of esters is 1. The third-order valence-electron chi connectivity index (χ3n) is 3.97. The van der Waals surface area contributed by atoms with Gasteiger partial charge in [-0.15, -0.1) is 0 Å². The average Bonchev–Trinajstić information content (AvgIpc) is 2.67. The van der Waals surface area contributed by atoms with Gasteiger partial charge in [0.15, 0.2) is 6.10 Å². The van der Waals surface area contributed by atoms with Crippen molar-refractivity contribution in [3.05, 3.63) is 72.3 Å². The molecule has 5 nitrogen and oxygen atoms in total. The van der Waals surface area contributed by atoms with Crippen LogP contribution < -0.4 is 10.1 Å². The van der Waals surface area contributed by atoms with Crippen molar-refractivity contribution in [2.75, 3.05) is 12.4 Å². The number of hydrogen-bond acceptors (Lipinski definition) is 4. The molecule has 1 atom stereocenters. The molecule has 0 unspecified atom stereocenters. The maximum absolute atomic E-state index is 12.5. The smallest absolute Gasteiger partial charge is 0.337 e. The number of ether oxygens (including phenoxy) is 2. The predicted octanol–water partition coefficient (Wildman–Crippen LogP) is 4.03. The summed E-state index contributed by atoms with van der Waals surface area (Å²) in [6, 6.07) is 20.1. The summed E-state index contributed by atoms with van der Waals surface area (Å²) in [5.41, 5.74) is 0.874. The molecule has 0 spiro atoms. The van der Waals surface area contributed by atoms with E-state index in [9.17, 15) is 9.59 Å². The zero-order valence-electron chi connectivity index (χ0n) is 14.6. The largest absolute Gasteiger partial charge is 0.480 e. The summed E-state index contributed by atoms with van der Waals surface area (Å²) < 4.78 is 10.5. The van der Waals surface area contributed by atoms with Crippen molar-refractivity contribution in [2.45, 2.75) is 13.0 Å². The minimum atomic E-state index is -0.706. The molecule has 0 aromatic heterocycles. The summed E-state index contributed by atoms with van der Waals surface area (Å²) in [5, 5.41) is 4.75. The first-order valence-corrected chi connectivity index (χ1v) is 8.22. The molecule has 0 aliphatic carbocycles. The van der Waals surface area contributed by atoms with Gasteiger partial charge in [-0.1, -0.05) is 42.5 Å². The van der Waals surface area contributed by atoms with Gasteiger partial charge in [-0.25, -0.2) is 4.79 Å². The number of carbonyl (C=O) groups is 2. The first-order valence-electron chi connectivity index (χ1n) is 8.22. The number of rotatable bonds is 5. The van der Waals surface area contributed by atoms with Gasteiger partial charge in [-0.2, -0.15) is 0 Å². The van der Waals surface area contributed by atoms with Crippen molar-refractivity contribution in [3.63, 3.8) is 0 Å². The van der Waals surface area contributed by atoms with Crippen molar-refractivity contribution in [2.24, 2.45) is 0 Å². The highest BCUT2D eigenvalue weighted by Crippen LogP contribution is 2.26. The Bertz CT molecular complexity index is 946. The topological polar surface area (TPSA) is 64.6 Å². The predicted molar refractivity (Wildman–Crippen MR) is 100 cm³/mol. The molecule has 0 aliphatic heterocycles. The Morgan fingerprint density at radius 3 is 2.50 bits per heavy atom. The lowest BCUT2D eigenvalue weighted by Crippen LogP contribution is -2.30. The summed E-state index contributed by atoms with van der Waals surface area (Å²) in [4.78, 5) is 24.0. The van der Waals surface area contributed by atoms with Crippen LogP contribution in [-0.4, -0.2) is 25.1 Å². The Kier molecular flexibility index (Phi) is 5.17. The van der Waals surface area contributed by atoms with Crippen molar-refractivity contribution in [1.29, 1.82) is 0 Å². The number of nitrogens with one attached hydrogen (secondary N) is 1. The van der Waals surface area contributed by atoms with Gasteiger partial charge >= 0.3 is 5.97 Å². The van der Waals surface area contributed by atoms with Crippen LogP contribution in [0.4, 0.5) is 5.69 Å². The molecule has 0 heterocycles.